The van der Waals surface area contributed by atoms with E-state index in [1.165, 1.54) is 0 Å². The number of nitrogens with one attached hydrogen (secondary N) is 1. The summed E-state index contributed by atoms with van der Waals surface area (Å²) in [7, 11) is 0. The Morgan fingerprint density at radius 1 is 0.912 bits per heavy atom. The van der Waals surface area contributed by atoms with Crippen molar-refractivity contribution < 1.29 is 28.5 Å². The van der Waals surface area contributed by atoms with Gasteiger partial charge < -0.3 is 24.3 Å². The first-order valence-corrected chi connectivity index (χ1v) is 12.8. The minimum atomic E-state index is -0.784. The van der Waals surface area contributed by atoms with Crippen LogP contribution in [0.25, 0.3) is 0 Å². The molecule has 0 saturated heterocycles. The van der Waals surface area contributed by atoms with Crippen molar-refractivity contribution in [2.75, 3.05) is 0 Å². The van der Waals surface area contributed by atoms with Gasteiger partial charge in [0, 0.05) is 5.70 Å². The van der Waals surface area contributed by atoms with Gasteiger partial charge in [-0.1, -0.05) is 35.3 Å². The van der Waals surface area contributed by atoms with E-state index in [0.29, 0.717) is 21.3 Å². The summed E-state index contributed by atoms with van der Waals surface area (Å²) in [6, 6.07) is 4.91. The maximum absolute atomic E-state index is 12.7. The normalized spacial score (nSPS) is 25.7. The van der Waals surface area contributed by atoms with E-state index in [1.54, 1.807) is 25.1 Å². The van der Waals surface area contributed by atoms with E-state index in [0.717, 1.165) is 51.4 Å². The Bertz CT molecular complexity index is 939. The zero-order chi connectivity index (χ0) is 24.2. The molecule has 0 bridgehead atoms. The first-order valence-electron chi connectivity index (χ1n) is 12.0. The van der Waals surface area contributed by atoms with E-state index >= 15 is 0 Å². The SMILES string of the molecule is CC1=C(OC(=O)OC2CCCC2)C(c2cccc(Cl)c2Cl)C(OC(=O)OC2CCCC2)C(C)N1. The number of hydrogen-bond acceptors (Lipinski definition) is 7. The molecule has 34 heavy (non-hydrogen) atoms. The van der Waals surface area contributed by atoms with Crippen molar-refractivity contribution in [3.63, 3.8) is 0 Å². The second-order valence-corrected chi connectivity index (χ2v) is 10.1. The maximum atomic E-state index is 12.7. The van der Waals surface area contributed by atoms with Gasteiger partial charge in [0.25, 0.3) is 0 Å². The van der Waals surface area contributed by atoms with Crippen LogP contribution in [0.4, 0.5) is 9.59 Å². The topological polar surface area (TPSA) is 83.1 Å². The third-order valence-electron chi connectivity index (χ3n) is 6.79. The summed E-state index contributed by atoms with van der Waals surface area (Å²) in [5.41, 5.74) is 1.21. The van der Waals surface area contributed by atoms with Gasteiger partial charge in [0.2, 0.25) is 0 Å². The molecule has 1 N–H and O–H groups in total. The summed E-state index contributed by atoms with van der Waals surface area (Å²) in [6.45, 7) is 3.68. The Kier molecular flexibility index (Phi) is 8.14. The molecule has 1 aromatic rings. The molecule has 0 amide bonds. The highest BCUT2D eigenvalue weighted by molar-refractivity contribution is 6.42. The van der Waals surface area contributed by atoms with Crippen LogP contribution in [0.1, 0.15) is 76.7 Å². The predicted octanol–water partition coefficient (Wildman–Crippen LogP) is 6.86. The molecule has 2 fully saturated rings. The second kappa shape index (κ2) is 11.1. The summed E-state index contributed by atoms with van der Waals surface area (Å²) in [4.78, 5) is 25.4. The van der Waals surface area contributed by atoms with Gasteiger partial charge in [-0.2, -0.15) is 0 Å². The Labute approximate surface area is 210 Å². The molecular formula is C25H31Cl2NO6. The predicted molar refractivity (Wildman–Crippen MR) is 128 cm³/mol. The summed E-state index contributed by atoms with van der Waals surface area (Å²) in [5, 5.41) is 3.90. The van der Waals surface area contributed by atoms with E-state index in [4.69, 9.17) is 42.1 Å². The number of carbonyl (C=O) groups excluding carboxylic acids is 2. The Balaban J connectivity index is 1.61. The molecular weight excluding hydrogens is 481 g/mol. The molecule has 1 heterocycles. The van der Waals surface area contributed by atoms with Crippen molar-refractivity contribution in [3.05, 3.63) is 45.3 Å². The molecule has 186 valence electrons. The molecule has 0 radical (unpaired) electrons. The molecule has 2 saturated carbocycles. The van der Waals surface area contributed by atoms with E-state index < -0.39 is 24.3 Å². The van der Waals surface area contributed by atoms with Gasteiger partial charge in [-0.25, -0.2) is 9.59 Å². The number of benzene rings is 1. The van der Waals surface area contributed by atoms with E-state index in [9.17, 15) is 9.59 Å². The molecule has 1 aromatic carbocycles. The number of carbonyl (C=O) groups is 2. The third-order valence-corrected chi connectivity index (χ3v) is 7.62. The van der Waals surface area contributed by atoms with Crippen LogP contribution >= 0.6 is 23.2 Å². The first-order chi connectivity index (χ1) is 16.3. The van der Waals surface area contributed by atoms with Crippen LogP contribution in [0.3, 0.4) is 0 Å². The molecule has 9 heteroatoms. The van der Waals surface area contributed by atoms with Gasteiger partial charge in [-0.05, 0) is 76.8 Å². The summed E-state index contributed by atoms with van der Waals surface area (Å²) >= 11 is 12.9. The lowest BCUT2D eigenvalue weighted by Gasteiger charge is -2.38. The Morgan fingerprint density at radius 3 is 2.12 bits per heavy atom. The van der Waals surface area contributed by atoms with Gasteiger partial charge in [0.1, 0.15) is 24.1 Å². The van der Waals surface area contributed by atoms with Crippen molar-refractivity contribution in [3.8, 4) is 0 Å². The van der Waals surface area contributed by atoms with Crippen molar-refractivity contribution in [2.24, 2.45) is 0 Å². The number of hydrogen-bond donors (Lipinski definition) is 1. The second-order valence-electron chi connectivity index (χ2n) is 9.28. The monoisotopic (exact) mass is 511 g/mol. The number of ether oxygens (including phenoxy) is 4. The molecule has 1 aliphatic heterocycles. The third kappa shape index (κ3) is 5.74. The lowest BCUT2D eigenvalue weighted by atomic mass is 9.84. The fourth-order valence-electron chi connectivity index (χ4n) is 5.09. The molecule has 3 aliphatic rings. The largest absolute Gasteiger partial charge is 0.513 e. The molecule has 3 unspecified atom stereocenters. The average Bonchev–Trinajstić information content (AvgIpc) is 3.48. The zero-order valence-electron chi connectivity index (χ0n) is 19.5. The highest BCUT2D eigenvalue weighted by atomic mass is 35.5. The van der Waals surface area contributed by atoms with Crippen LogP contribution in [0.2, 0.25) is 10.0 Å². The van der Waals surface area contributed by atoms with E-state index in [2.05, 4.69) is 5.32 Å². The molecule has 0 aromatic heterocycles. The van der Waals surface area contributed by atoms with Crippen molar-refractivity contribution in [1.29, 1.82) is 0 Å². The number of rotatable bonds is 5. The van der Waals surface area contributed by atoms with Crippen LogP contribution in [-0.2, 0) is 18.9 Å². The van der Waals surface area contributed by atoms with Crippen molar-refractivity contribution >= 4 is 35.5 Å². The molecule has 3 atom stereocenters. The lowest BCUT2D eigenvalue weighted by Crippen LogP contribution is -2.49. The van der Waals surface area contributed by atoms with Gasteiger partial charge in [0.05, 0.1) is 22.0 Å². The Morgan fingerprint density at radius 2 is 1.50 bits per heavy atom. The smallest absolute Gasteiger partial charge is 0.431 e. The van der Waals surface area contributed by atoms with Gasteiger partial charge >= 0.3 is 12.3 Å². The van der Waals surface area contributed by atoms with Crippen LogP contribution in [0, 0.1) is 0 Å². The first kappa shape index (κ1) is 25.0. The lowest BCUT2D eigenvalue weighted by molar-refractivity contribution is -0.0238. The van der Waals surface area contributed by atoms with Crippen LogP contribution in [0.15, 0.2) is 29.7 Å². The quantitative estimate of drug-likeness (QED) is 0.432. The van der Waals surface area contributed by atoms with Crippen molar-refractivity contribution in [1.82, 2.24) is 5.32 Å². The van der Waals surface area contributed by atoms with Gasteiger partial charge in [-0.3, -0.25) is 0 Å². The highest BCUT2D eigenvalue weighted by Gasteiger charge is 2.43. The number of allylic oxidation sites excluding steroid dienone is 1. The molecule has 7 nitrogen and oxygen atoms in total. The van der Waals surface area contributed by atoms with Gasteiger partial charge in [-0.15, -0.1) is 0 Å². The number of halogens is 2. The highest BCUT2D eigenvalue weighted by Crippen LogP contribution is 2.42. The summed E-state index contributed by atoms with van der Waals surface area (Å²) < 4.78 is 22.6. The van der Waals surface area contributed by atoms with Crippen LogP contribution in [0.5, 0.6) is 0 Å². The van der Waals surface area contributed by atoms with E-state index in [-0.39, 0.29) is 24.0 Å². The molecule has 2 aliphatic carbocycles. The molecule has 4 rings (SSSR count). The standard InChI is InChI=1S/C25H31Cl2NO6/c1-14-22(33-24(29)31-16-8-3-4-9-16)20(18-12-7-13-19(26)21(18)27)23(15(2)28-14)34-25(30)32-17-10-5-6-11-17/h7,12-14,16-17,20,22,28H,3-6,8-11H2,1-2H3. The Hall–Kier alpha value is -2.12. The van der Waals surface area contributed by atoms with E-state index in [1.807, 2.05) is 6.92 Å². The van der Waals surface area contributed by atoms with Crippen molar-refractivity contribution in [2.45, 2.75) is 95.5 Å². The minimum Gasteiger partial charge on any atom is -0.431 e. The maximum Gasteiger partial charge on any atom is 0.513 e. The molecule has 0 spiro atoms. The fourth-order valence-corrected chi connectivity index (χ4v) is 5.52. The van der Waals surface area contributed by atoms with Crippen LogP contribution in [-0.4, -0.2) is 36.7 Å². The summed E-state index contributed by atoms with van der Waals surface area (Å²) in [5.74, 6) is -0.404. The van der Waals surface area contributed by atoms with Crippen LogP contribution < -0.4 is 5.32 Å². The minimum absolute atomic E-state index is 0.137. The van der Waals surface area contributed by atoms with Gasteiger partial charge in [0.15, 0.2) is 0 Å². The zero-order valence-corrected chi connectivity index (χ0v) is 21.0. The average molecular weight is 512 g/mol. The fraction of sp³-hybridized carbons (Fsp3) is 0.600. The summed E-state index contributed by atoms with van der Waals surface area (Å²) in [6.07, 6.45) is 4.85.